The van der Waals surface area contributed by atoms with Crippen LogP contribution in [0.5, 0.6) is 0 Å². The predicted molar refractivity (Wildman–Crippen MR) is 40.4 cm³/mol. The summed E-state index contributed by atoms with van der Waals surface area (Å²) in [5.41, 5.74) is 6.02. The molecule has 0 saturated carbocycles. The van der Waals surface area contributed by atoms with Gasteiger partial charge < -0.3 is 10.8 Å². The van der Waals surface area contributed by atoms with Crippen LogP contribution < -0.4 is 5.73 Å². The minimum Gasteiger partial charge on any atom is -0.507 e. The van der Waals surface area contributed by atoms with Gasteiger partial charge in [-0.1, -0.05) is 6.58 Å². The molecule has 0 aliphatic rings. The van der Waals surface area contributed by atoms with Crippen LogP contribution in [0.2, 0.25) is 0 Å². The summed E-state index contributed by atoms with van der Waals surface area (Å²) < 4.78 is 0. The van der Waals surface area contributed by atoms with Gasteiger partial charge in [0.05, 0.1) is 10.6 Å². The monoisotopic (exact) mass is 141 g/mol. The second-order valence-corrected chi connectivity index (χ2v) is 2.57. The fraction of sp³-hybridized carbons (Fsp3) is 0. The number of nitrogen functional groups attached to an aromatic ring is 1. The van der Waals surface area contributed by atoms with Crippen LogP contribution in [0.4, 0.5) is 5.69 Å². The Hall–Kier alpha value is -0.960. The molecule has 0 unspecified atom stereocenters. The van der Waals surface area contributed by atoms with Crippen LogP contribution in [-0.4, -0.2) is 5.11 Å². The second kappa shape index (κ2) is 2.11. The summed E-state index contributed by atoms with van der Waals surface area (Å²) >= 11 is 1.38. The molecule has 0 amide bonds. The molecule has 0 spiro atoms. The van der Waals surface area contributed by atoms with Crippen LogP contribution in [0, 0.1) is 0 Å². The van der Waals surface area contributed by atoms with Crippen molar-refractivity contribution in [2.24, 2.45) is 0 Å². The highest BCUT2D eigenvalue weighted by Gasteiger charge is 2.00. The lowest BCUT2D eigenvalue weighted by Crippen LogP contribution is -1.84. The first-order chi connectivity index (χ1) is 4.22. The zero-order valence-electron chi connectivity index (χ0n) is 4.79. The van der Waals surface area contributed by atoms with Gasteiger partial charge >= 0.3 is 0 Å². The number of hydrogen-bond acceptors (Lipinski definition) is 3. The molecule has 0 saturated heterocycles. The average Bonchev–Trinajstić information content (AvgIpc) is 2.13. The fourth-order valence-corrected chi connectivity index (χ4v) is 1.24. The van der Waals surface area contributed by atoms with Crippen LogP contribution in [0.25, 0.3) is 5.76 Å². The van der Waals surface area contributed by atoms with Crippen molar-refractivity contribution >= 4 is 22.8 Å². The lowest BCUT2D eigenvalue weighted by Gasteiger charge is -1.92. The van der Waals surface area contributed by atoms with Gasteiger partial charge in [0.2, 0.25) is 0 Å². The summed E-state index contributed by atoms with van der Waals surface area (Å²) in [5.74, 6) is 0.0440. The number of nitrogens with two attached hydrogens (primary N) is 1. The average molecular weight is 141 g/mol. The van der Waals surface area contributed by atoms with Crippen molar-refractivity contribution < 1.29 is 5.11 Å². The molecule has 2 nitrogen and oxygen atoms in total. The van der Waals surface area contributed by atoms with E-state index in [1.54, 1.807) is 6.07 Å². The van der Waals surface area contributed by atoms with Crippen LogP contribution >= 0.6 is 11.3 Å². The van der Waals surface area contributed by atoms with Crippen molar-refractivity contribution in [2.45, 2.75) is 0 Å². The molecule has 9 heavy (non-hydrogen) atoms. The molecule has 3 heteroatoms. The molecule has 48 valence electrons. The van der Waals surface area contributed by atoms with E-state index >= 15 is 0 Å². The van der Waals surface area contributed by atoms with Crippen LogP contribution in [-0.2, 0) is 0 Å². The first-order valence-corrected chi connectivity index (χ1v) is 3.31. The van der Waals surface area contributed by atoms with Gasteiger partial charge in [0, 0.05) is 0 Å². The summed E-state index contributed by atoms with van der Waals surface area (Å²) in [6.07, 6.45) is 0. The van der Waals surface area contributed by atoms with Gasteiger partial charge in [0.25, 0.3) is 0 Å². The normalized spacial score (nSPS) is 9.33. The third-order valence-electron chi connectivity index (χ3n) is 0.958. The molecule has 0 atom stereocenters. The third kappa shape index (κ3) is 1.05. The smallest absolute Gasteiger partial charge is 0.127 e. The summed E-state index contributed by atoms with van der Waals surface area (Å²) in [6.45, 7) is 3.34. The molecular formula is C6H7NOS. The van der Waals surface area contributed by atoms with E-state index in [-0.39, 0.29) is 5.76 Å². The molecule has 1 aromatic rings. The molecule has 1 heterocycles. The molecule has 0 fully saturated rings. The Morgan fingerprint density at radius 3 is 2.67 bits per heavy atom. The van der Waals surface area contributed by atoms with Crippen LogP contribution in [0.3, 0.4) is 0 Å². The first-order valence-electron chi connectivity index (χ1n) is 2.43. The maximum Gasteiger partial charge on any atom is 0.127 e. The maximum atomic E-state index is 8.83. The molecule has 3 N–H and O–H groups in total. The minimum atomic E-state index is 0.0440. The Labute approximate surface area is 57.2 Å². The summed E-state index contributed by atoms with van der Waals surface area (Å²) in [5, 5.41) is 10.6. The predicted octanol–water partition coefficient (Wildman–Crippen LogP) is 1.86. The number of aliphatic hydroxyl groups is 1. The van der Waals surface area contributed by atoms with Crippen LogP contribution in [0.1, 0.15) is 4.88 Å². The van der Waals surface area contributed by atoms with Gasteiger partial charge in [-0.15, -0.1) is 11.3 Å². The van der Waals surface area contributed by atoms with Gasteiger partial charge in [0.1, 0.15) is 5.76 Å². The summed E-state index contributed by atoms with van der Waals surface area (Å²) in [4.78, 5) is 0.662. The maximum absolute atomic E-state index is 8.83. The van der Waals surface area contributed by atoms with Gasteiger partial charge in [-0.2, -0.15) is 0 Å². The molecule has 1 aromatic heterocycles. The van der Waals surface area contributed by atoms with E-state index in [1.165, 1.54) is 11.3 Å². The first kappa shape index (κ1) is 6.16. The number of aliphatic hydroxyl groups excluding tert-OH is 1. The molecule has 0 aromatic carbocycles. The van der Waals surface area contributed by atoms with Gasteiger partial charge in [-0.3, -0.25) is 0 Å². The largest absolute Gasteiger partial charge is 0.507 e. The summed E-state index contributed by atoms with van der Waals surface area (Å²) in [6, 6.07) is 1.74. The Morgan fingerprint density at radius 1 is 1.78 bits per heavy atom. The van der Waals surface area contributed by atoms with Gasteiger partial charge in [0.15, 0.2) is 0 Å². The van der Waals surface area contributed by atoms with Gasteiger partial charge in [-0.25, -0.2) is 0 Å². The molecule has 0 aliphatic carbocycles. The van der Waals surface area contributed by atoms with E-state index in [9.17, 15) is 0 Å². The number of hydrogen-bond donors (Lipinski definition) is 2. The highest BCUT2D eigenvalue weighted by molar-refractivity contribution is 7.11. The van der Waals surface area contributed by atoms with E-state index in [2.05, 4.69) is 6.58 Å². The quantitative estimate of drug-likeness (QED) is 0.586. The summed E-state index contributed by atoms with van der Waals surface area (Å²) in [7, 11) is 0. The molecular weight excluding hydrogens is 134 g/mol. The SMILES string of the molecule is C=C(O)c1sccc1N. The number of thiophene rings is 1. The van der Waals surface area contributed by atoms with Crippen molar-refractivity contribution in [3.05, 3.63) is 22.9 Å². The van der Waals surface area contributed by atoms with E-state index in [4.69, 9.17) is 10.8 Å². The van der Waals surface area contributed by atoms with Crippen molar-refractivity contribution in [2.75, 3.05) is 5.73 Å². The Bertz CT molecular complexity index is 229. The second-order valence-electron chi connectivity index (χ2n) is 1.65. The van der Waals surface area contributed by atoms with Crippen LogP contribution in [0.15, 0.2) is 18.0 Å². The van der Waals surface area contributed by atoms with E-state index in [0.29, 0.717) is 10.6 Å². The highest BCUT2D eigenvalue weighted by Crippen LogP contribution is 2.23. The zero-order chi connectivity index (χ0) is 6.85. The Morgan fingerprint density at radius 2 is 2.44 bits per heavy atom. The molecule has 0 radical (unpaired) electrons. The molecule has 0 aliphatic heterocycles. The van der Waals surface area contributed by atoms with E-state index < -0.39 is 0 Å². The molecule has 0 bridgehead atoms. The van der Waals surface area contributed by atoms with Crippen molar-refractivity contribution in [1.82, 2.24) is 0 Å². The van der Waals surface area contributed by atoms with Crippen molar-refractivity contribution in [1.29, 1.82) is 0 Å². The number of rotatable bonds is 1. The topological polar surface area (TPSA) is 46.2 Å². The Kier molecular flexibility index (Phi) is 1.44. The standard InChI is InChI=1S/C6H7NOS/c1-4(8)6-5(7)2-3-9-6/h2-3,8H,1,7H2. The van der Waals surface area contributed by atoms with E-state index in [1.807, 2.05) is 5.38 Å². The van der Waals surface area contributed by atoms with Crippen molar-refractivity contribution in [3.63, 3.8) is 0 Å². The number of anilines is 1. The fourth-order valence-electron chi connectivity index (χ4n) is 0.554. The minimum absolute atomic E-state index is 0.0440. The lowest BCUT2D eigenvalue weighted by atomic mass is 10.4. The van der Waals surface area contributed by atoms with Crippen molar-refractivity contribution in [3.8, 4) is 0 Å². The van der Waals surface area contributed by atoms with E-state index in [0.717, 1.165) is 0 Å². The zero-order valence-corrected chi connectivity index (χ0v) is 5.61. The third-order valence-corrected chi connectivity index (χ3v) is 1.94. The highest BCUT2D eigenvalue weighted by atomic mass is 32.1. The molecule has 1 rings (SSSR count). The Balaban J connectivity index is 3.08. The van der Waals surface area contributed by atoms with Gasteiger partial charge in [-0.05, 0) is 11.4 Å². The lowest BCUT2D eigenvalue weighted by molar-refractivity contribution is 0.516.